The van der Waals surface area contributed by atoms with Crippen molar-refractivity contribution in [3.05, 3.63) is 0 Å². The highest BCUT2D eigenvalue weighted by Crippen LogP contribution is 2.21. The molecule has 2 unspecified atom stereocenters. The fourth-order valence-electron chi connectivity index (χ4n) is 2.37. The van der Waals surface area contributed by atoms with E-state index in [1.54, 1.807) is 6.92 Å². The second-order valence-corrected chi connectivity index (χ2v) is 6.11. The molecular weight excluding hydrogens is 321 g/mol. The lowest BCUT2D eigenvalue weighted by Crippen LogP contribution is -3.00. The molecule has 1 heterocycles. The predicted octanol–water partition coefficient (Wildman–Crippen LogP) is -0.853. The number of quaternary nitrogens is 1. The van der Waals surface area contributed by atoms with Crippen LogP contribution in [0.2, 0.25) is 0 Å². The minimum atomic E-state index is 0. The third-order valence-corrected chi connectivity index (χ3v) is 3.88. The maximum Gasteiger partial charge on any atom is 0.186 e. The van der Waals surface area contributed by atoms with Crippen LogP contribution in [0.25, 0.3) is 0 Å². The molecule has 1 fully saturated rings. The van der Waals surface area contributed by atoms with E-state index in [1.165, 1.54) is 42.2 Å². The Kier molecular flexibility index (Phi) is 7.45. The zero-order chi connectivity index (χ0) is 10.6. The molecular formula is C11H22INOS. The molecule has 90 valence electrons. The third kappa shape index (κ3) is 6.12. The van der Waals surface area contributed by atoms with Gasteiger partial charge in [-0.05, 0) is 12.8 Å². The number of thioether (sulfide) groups is 1. The Labute approximate surface area is 115 Å². The highest BCUT2D eigenvalue weighted by Gasteiger charge is 2.28. The first-order valence-corrected chi connectivity index (χ1v) is 6.47. The van der Waals surface area contributed by atoms with Gasteiger partial charge < -0.3 is 28.5 Å². The van der Waals surface area contributed by atoms with Crippen LogP contribution < -0.4 is 24.0 Å². The largest absolute Gasteiger partial charge is 1.00 e. The fraction of sp³-hybridized carbons (Fsp3) is 0.909. The summed E-state index contributed by atoms with van der Waals surface area (Å²) in [6, 6.07) is 0. The quantitative estimate of drug-likeness (QED) is 0.491. The van der Waals surface area contributed by atoms with Crippen molar-refractivity contribution in [2.45, 2.75) is 26.7 Å². The van der Waals surface area contributed by atoms with Crippen molar-refractivity contribution in [2.75, 3.05) is 32.4 Å². The molecule has 1 aliphatic heterocycles. The van der Waals surface area contributed by atoms with E-state index in [4.69, 9.17) is 0 Å². The topological polar surface area (TPSA) is 17.1 Å². The minimum absolute atomic E-state index is 0. The molecule has 0 bridgehead atoms. The fourth-order valence-corrected chi connectivity index (χ4v) is 3.19. The van der Waals surface area contributed by atoms with Gasteiger partial charge in [-0.2, -0.15) is 0 Å². The maximum absolute atomic E-state index is 10.8. The number of hydrogen-bond acceptors (Lipinski definition) is 2. The summed E-state index contributed by atoms with van der Waals surface area (Å²) >= 11 is 1.47. The van der Waals surface area contributed by atoms with Gasteiger partial charge in [0.05, 0.1) is 32.4 Å². The minimum Gasteiger partial charge on any atom is -1.00 e. The van der Waals surface area contributed by atoms with Crippen LogP contribution in [-0.2, 0) is 4.79 Å². The molecule has 1 saturated heterocycles. The van der Waals surface area contributed by atoms with Gasteiger partial charge in [-0.15, -0.1) is 0 Å². The molecule has 0 saturated carbocycles. The Morgan fingerprint density at radius 2 is 2.20 bits per heavy atom. The SMILES string of the molecule is CC(=O)SCC[N+]1(C)CCCC(C)C1.[I-]. The molecule has 0 aromatic carbocycles. The van der Waals surface area contributed by atoms with Crippen molar-refractivity contribution in [1.82, 2.24) is 0 Å². The van der Waals surface area contributed by atoms with E-state index in [2.05, 4.69) is 14.0 Å². The van der Waals surface area contributed by atoms with Crippen LogP contribution in [0.5, 0.6) is 0 Å². The summed E-state index contributed by atoms with van der Waals surface area (Å²) in [4.78, 5) is 10.8. The number of piperidine rings is 1. The van der Waals surface area contributed by atoms with Crippen molar-refractivity contribution in [3.8, 4) is 0 Å². The second kappa shape index (κ2) is 7.12. The first kappa shape index (κ1) is 15.7. The number of hydrogen-bond donors (Lipinski definition) is 0. The van der Waals surface area contributed by atoms with Gasteiger partial charge in [0.1, 0.15) is 0 Å². The molecule has 0 spiro atoms. The molecule has 4 heteroatoms. The number of nitrogens with zero attached hydrogens (tertiary/aromatic N) is 1. The van der Waals surface area contributed by atoms with Gasteiger partial charge in [0, 0.05) is 12.8 Å². The van der Waals surface area contributed by atoms with E-state index in [9.17, 15) is 4.79 Å². The van der Waals surface area contributed by atoms with E-state index in [-0.39, 0.29) is 29.1 Å². The normalized spacial score (nSPS) is 30.7. The molecule has 2 nitrogen and oxygen atoms in total. The Morgan fingerprint density at radius 1 is 1.53 bits per heavy atom. The highest BCUT2D eigenvalue weighted by atomic mass is 127. The maximum atomic E-state index is 10.8. The second-order valence-electron chi connectivity index (χ2n) is 4.84. The van der Waals surface area contributed by atoms with Crippen molar-refractivity contribution in [2.24, 2.45) is 5.92 Å². The molecule has 1 rings (SSSR count). The van der Waals surface area contributed by atoms with E-state index in [0.717, 1.165) is 18.2 Å². The van der Waals surface area contributed by atoms with Gasteiger partial charge in [0.15, 0.2) is 5.12 Å². The van der Waals surface area contributed by atoms with E-state index < -0.39 is 0 Å². The molecule has 1 aliphatic rings. The van der Waals surface area contributed by atoms with Crippen molar-refractivity contribution >= 4 is 16.9 Å². The molecule has 15 heavy (non-hydrogen) atoms. The summed E-state index contributed by atoms with van der Waals surface area (Å²) in [5, 5.41) is 0.252. The van der Waals surface area contributed by atoms with Gasteiger partial charge in [0.25, 0.3) is 0 Å². The van der Waals surface area contributed by atoms with Crippen molar-refractivity contribution < 1.29 is 33.3 Å². The van der Waals surface area contributed by atoms with Crippen LogP contribution in [0.1, 0.15) is 26.7 Å². The first-order valence-electron chi connectivity index (χ1n) is 5.49. The number of halogens is 1. The average molecular weight is 343 g/mol. The standard InChI is InChI=1S/C11H22NOS.HI/c1-10-5-4-6-12(3,9-10)7-8-14-11(2)13;/h10H,4-9H2,1-3H3;1H/q+1;/p-1. The lowest BCUT2D eigenvalue weighted by atomic mass is 9.98. The third-order valence-electron chi connectivity index (χ3n) is 3.08. The van der Waals surface area contributed by atoms with Gasteiger partial charge in [-0.25, -0.2) is 0 Å². The smallest absolute Gasteiger partial charge is 0.186 e. The molecule has 0 aromatic rings. The van der Waals surface area contributed by atoms with Crippen molar-refractivity contribution in [1.29, 1.82) is 0 Å². The van der Waals surface area contributed by atoms with Crippen molar-refractivity contribution in [3.63, 3.8) is 0 Å². The molecule has 2 atom stereocenters. The lowest BCUT2D eigenvalue weighted by Gasteiger charge is -2.40. The number of likely N-dealkylation sites (tertiary alicyclic amines) is 1. The summed E-state index contributed by atoms with van der Waals surface area (Å²) < 4.78 is 1.17. The van der Waals surface area contributed by atoms with Crippen LogP contribution in [0.15, 0.2) is 0 Å². The first-order chi connectivity index (χ1) is 6.52. The summed E-state index contributed by atoms with van der Waals surface area (Å²) in [5.41, 5.74) is 0. The number of rotatable bonds is 3. The summed E-state index contributed by atoms with van der Waals surface area (Å²) in [7, 11) is 2.33. The van der Waals surface area contributed by atoms with Gasteiger partial charge in [-0.1, -0.05) is 18.7 Å². The molecule has 0 N–H and O–H groups in total. The Balaban J connectivity index is 0.00000196. The highest BCUT2D eigenvalue weighted by molar-refractivity contribution is 8.13. The zero-order valence-corrected chi connectivity index (χ0v) is 12.9. The van der Waals surface area contributed by atoms with E-state index >= 15 is 0 Å². The molecule has 0 aromatic heterocycles. The Morgan fingerprint density at radius 3 is 2.73 bits per heavy atom. The average Bonchev–Trinajstić information content (AvgIpc) is 2.01. The van der Waals surface area contributed by atoms with Gasteiger partial charge in [0.2, 0.25) is 0 Å². The van der Waals surface area contributed by atoms with Gasteiger partial charge >= 0.3 is 0 Å². The van der Waals surface area contributed by atoms with Crippen LogP contribution in [0.3, 0.4) is 0 Å². The Hall–Kier alpha value is 0.710. The molecule has 0 radical (unpaired) electrons. The van der Waals surface area contributed by atoms with Crippen LogP contribution in [0, 0.1) is 5.92 Å². The predicted molar refractivity (Wildman–Crippen MR) is 62.3 cm³/mol. The Bertz CT molecular complexity index is 213. The van der Waals surface area contributed by atoms with Crippen LogP contribution >= 0.6 is 11.8 Å². The molecule has 0 aliphatic carbocycles. The number of carbonyl (C=O) groups excluding carboxylic acids is 1. The monoisotopic (exact) mass is 343 g/mol. The summed E-state index contributed by atoms with van der Waals surface area (Å²) in [6.07, 6.45) is 2.73. The van der Waals surface area contributed by atoms with E-state index in [1.807, 2.05) is 0 Å². The number of carbonyl (C=O) groups is 1. The van der Waals surface area contributed by atoms with Crippen LogP contribution in [-0.4, -0.2) is 42.0 Å². The zero-order valence-electron chi connectivity index (χ0n) is 9.96. The van der Waals surface area contributed by atoms with Gasteiger partial charge in [-0.3, -0.25) is 4.79 Å². The summed E-state index contributed by atoms with van der Waals surface area (Å²) in [5.74, 6) is 1.84. The lowest BCUT2D eigenvalue weighted by molar-refractivity contribution is -0.915. The van der Waals surface area contributed by atoms with Crippen LogP contribution in [0.4, 0.5) is 0 Å². The summed E-state index contributed by atoms with van der Waals surface area (Å²) in [6.45, 7) is 7.73. The van der Waals surface area contributed by atoms with E-state index in [0.29, 0.717) is 0 Å². The molecule has 0 amide bonds.